The number of furan rings is 2. The maximum Gasteiger partial charge on any atom is 0.389 e. The topological polar surface area (TPSA) is 43.4 Å². The maximum atomic E-state index is 13.4. The van der Waals surface area contributed by atoms with Gasteiger partial charge in [-0.15, -0.1) is 0 Å². The van der Waals surface area contributed by atoms with E-state index in [0.29, 0.717) is 17.1 Å². The Kier molecular flexibility index (Phi) is 5.38. The molecule has 3 rings (SSSR count). The van der Waals surface area contributed by atoms with Crippen molar-refractivity contribution in [1.82, 2.24) is 0 Å². The molecule has 0 bridgehead atoms. The monoisotopic (exact) mass is 422 g/mol. The van der Waals surface area contributed by atoms with Gasteiger partial charge < -0.3 is 8.83 Å². The Morgan fingerprint density at radius 2 is 1.31 bits per heavy atom. The van der Waals surface area contributed by atoms with Crippen LogP contribution in [0.5, 0.6) is 0 Å². The molecule has 0 atom stereocenters. The lowest BCUT2D eigenvalue weighted by Gasteiger charge is -2.35. The molecule has 2 heterocycles. The van der Waals surface area contributed by atoms with Gasteiger partial charge in [0.1, 0.15) is 11.5 Å². The zero-order chi connectivity index (χ0) is 21.6. The van der Waals surface area contributed by atoms with Crippen molar-refractivity contribution in [1.29, 1.82) is 0 Å². The minimum atomic E-state index is -4.42. The first kappa shape index (κ1) is 21.5. The summed E-state index contributed by atoms with van der Waals surface area (Å²) in [5.41, 5.74) is -1.05. The summed E-state index contributed by atoms with van der Waals surface area (Å²) in [4.78, 5) is 13.4. The molecule has 29 heavy (non-hydrogen) atoms. The smallest absolute Gasteiger partial charge is 0.389 e. The minimum absolute atomic E-state index is 0.142. The van der Waals surface area contributed by atoms with Gasteiger partial charge in [-0.2, -0.15) is 26.3 Å². The van der Waals surface area contributed by atoms with Crippen LogP contribution in [0.2, 0.25) is 0 Å². The third-order valence-corrected chi connectivity index (χ3v) is 5.24. The van der Waals surface area contributed by atoms with E-state index in [4.69, 9.17) is 8.83 Å². The van der Waals surface area contributed by atoms with Crippen molar-refractivity contribution in [2.45, 2.75) is 70.1 Å². The Balaban J connectivity index is 2.04. The summed E-state index contributed by atoms with van der Waals surface area (Å²) < 4.78 is 87.5. The van der Waals surface area contributed by atoms with Crippen LogP contribution in [0.4, 0.5) is 26.3 Å². The third-order valence-electron chi connectivity index (χ3n) is 5.24. The zero-order valence-electron chi connectivity index (χ0n) is 15.9. The Hall–Kier alpha value is -2.19. The molecule has 0 spiro atoms. The van der Waals surface area contributed by atoms with Crippen LogP contribution in [-0.4, -0.2) is 18.1 Å². The summed E-state index contributed by atoms with van der Waals surface area (Å²) in [6.07, 6.45) is -12.3. The molecule has 160 valence electrons. The average molecular weight is 422 g/mol. The average Bonchev–Trinajstić information content (AvgIpc) is 3.13. The molecule has 0 fully saturated rings. The van der Waals surface area contributed by atoms with Gasteiger partial charge in [0.15, 0.2) is 17.3 Å². The van der Waals surface area contributed by atoms with Gasteiger partial charge in [-0.05, 0) is 51.7 Å². The predicted molar refractivity (Wildman–Crippen MR) is 91.7 cm³/mol. The molecular weight excluding hydrogens is 402 g/mol. The summed E-state index contributed by atoms with van der Waals surface area (Å²) in [5.74, 6) is 0.689. The fraction of sp³-hybridized carbons (Fsp3) is 0.550. The summed E-state index contributed by atoms with van der Waals surface area (Å²) in [6.45, 7) is 3.21. The van der Waals surface area contributed by atoms with Gasteiger partial charge in [0, 0.05) is 18.4 Å². The molecule has 0 aromatic carbocycles. The first-order valence-electron chi connectivity index (χ1n) is 9.22. The number of halogens is 6. The molecule has 1 aliphatic rings. The van der Waals surface area contributed by atoms with Crippen LogP contribution < -0.4 is 0 Å². The molecule has 0 amide bonds. The maximum absolute atomic E-state index is 13.4. The van der Waals surface area contributed by atoms with Crippen LogP contribution in [0.25, 0.3) is 11.5 Å². The largest absolute Gasteiger partial charge is 0.458 e. The summed E-state index contributed by atoms with van der Waals surface area (Å²) in [7, 11) is 0. The van der Waals surface area contributed by atoms with Gasteiger partial charge in [-0.3, -0.25) is 4.79 Å². The number of rotatable bonds is 6. The van der Waals surface area contributed by atoms with Gasteiger partial charge >= 0.3 is 12.4 Å². The van der Waals surface area contributed by atoms with Gasteiger partial charge in [0.25, 0.3) is 0 Å². The van der Waals surface area contributed by atoms with Crippen molar-refractivity contribution >= 4 is 5.78 Å². The number of fused-ring (bicyclic) bond motifs is 3. The van der Waals surface area contributed by atoms with Crippen LogP contribution in [0.15, 0.2) is 21.0 Å². The predicted octanol–water partition coefficient (Wildman–Crippen LogP) is 7.06. The highest BCUT2D eigenvalue weighted by Crippen LogP contribution is 2.51. The molecule has 2 aromatic rings. The van der Waals surface area contributed by atoms with E-state index in [0.717, 1.165) is 0 Å². The normalized spacial score (nSPS) is 16.1. The summed E-state index contributed by atoms with van der Waals surface area (Å²) in [5, 5.41) is 0. The number of hydrogen-bond acceptors (Lipinski definition) is 3. The van der Waals surface area contributed by atoms with Crippen molar-refractivity contribution in [3.8, 4) is 11.5 Å². The number of aryl methyl sites for hydroxylation is 2. The second-order valence-electron chi connectivity index (χ2n) is 7.55. The first-order chi connectivity index (χ1) is 13.3. The highest BCUT2D eigenvalue weighted by Gasteiger charge is 2.50. The molecule has 0 radical (unpaired) electrons. The van der Waals surface area contributed by atoms with Crippen LogP contribution in [-0.2, 0) is 5.41 Å². The Labute approximate surface area is 163 Å². The van der Waals surface area contributed by atoms with E-state index in [2.05, 4.69) is 0 Å². The van der Waals surface area contributed by atoms with E-state index in [1.54, 1.807) is 13.8 Å². The highest BCUT2D eigenvalue weighted by molar-refractivity contribution is 6.11. The van der Waals surface area contributed by atoms with Crippen LogP contribution in [0, 0.1) is 13.8 Å². The van der Waals surface area contributed by atoms with E-state index in [-0.39, 0.29) is 42.8 Å². The molecule has 9 heteroatoms. The SMILES string of the molecule is Cc1cc2c(o1)-c1oc(C)cc1C(CCCC(F)(F)F)(CCCC(F)(F)F)C2=O. The van der Waals surface area contributed by atoms with Gasteiger partial charge in [-0.25, -0.2) is 0 Å². The summed E-state index contributed by atoms with van der Waals surface area (Å²) >= 11 is 0. The molecule has 0 unspecified atom stereocenters. The third kappa shape index (κ3) is 4.38. The van der Waals surface area contributed by atoms with Gasteiger partial charge in [-0.1, -0.05) is 0 Å². The van der Waals surface area contributed by atoms with E-state index in [1.807, 2.05) is 0 Å². The minimum Gasteiger partial charge on any atom is -0.458 e. The Morgan fingerprint density at radius 1 is 0.828 bits per heavy atom. The molecule has 0 saturated heterocycles. The van der Waals surface area contributed by atoms with Crippen molar-refractivity contribution < 1.29 is 40.0 Å². The van der Waals surface area contributed by atoms with Crippen LogP contribution in [0.3, 0.4) is 0 Å². The van der Waals surface area contributed by atoms with Crippen molar-refractivity contribution in [3.05, 3.63) is 34.8 Å². The fourth-order valence-electron chi connectivity index (χ4n) is 4.07. The number of hydrogen-bond donors (Lipinski definition) is 0. The van der Waals surface area contributed by atoms with E-state index in [1.165, 1.54) is 12.1 Å². The summed E-state index contributed by atoms with van der Waals surface area (Å²) in [6, 6.07) is 2.98. The lowest BCUT2D eigenvalue weighted by Crippen LogP contribution is -2.39. The lowest BCUT2D eigenvalue weighted by molar-refractivity contribution is -0.136. The highest BCUT2D eigenvalue weighted by atomic mass is 19.4. The number of ketones is 1. The molecular formula is C20H20F6O3. The number of carbonyl (C=O) groups excluding carboxylic acids is 1. The van der Waals surface area contributed by atoms with Gasteiger partial charge in [0.05, 0.1) is 11.0 Å². The van der Waals surface area contributed by atoms with E-state index >= 15 is 0 Å². The molecule has 0 saturated carbocycles. The van der Waals surface area contributed by atoms with Crippen molar-refractivity contribution in [2.24, 2.45) is 0 Å². The van der Waals surface area contributed by atoms with Crippen molar-refractivity contribution in [2.75, 3.05) is 0 Å². The standard InChI is InChI=1S/C20H20F6O3/c1-11-9-13-15(28-11)16-14(10-12(2)29-16)18(17(13)27,5-3-7-19(21,22)23)6-4-8-20(24,25)26/h9-10H,3-8H2,1-2H3. The Morgan fingerprint density at radius 3 is 1.83 bits per heavy atom. The quantitative estimate of drug-likeness (QED) is 0.468. The van der Waals surface area contributed by atoms with E-state index in [9.17, 15) is 31.1 Å². The molecule has 2 aromatic heterocycles. The number of carbonyl (C=O) groups is 1. The van der Waals surface area contributed by atoms with Crippen LogP contribution >= 0.6 is 0 Å². The zero-order valence-corrected chi connectivity index (χ0v) is 15.9. The molecule has 1 aliphatic carbocycles. The fourth-order valence-corrected chi connectivity index (χ4v) is 4.07. The molecule has 3 nitrogen and oxygen atoms in total. The lowest BCUT2D eigenvalue weighted by atomic mass is 9.65. The Bertz CT molecular complexity index is 880. The molecule has 0 N–H and O–H groups in total. The number of alkyl halides is 6. The number of Topliss-reactive ketones (excluding diaryl/α,β-unsaturated/α-hetero) is 1. The first-order valence-corrected chi connectivity index (χ1v) is 9.22. The van der Waals surface area contributed by atoms with Gasteiger partial charge in [0.2, 0.25) is 0 Å². The second-order valence-corrected chi connectivity index (χ2v) is 7.55. The van der Waals surface area contributed by atoms with Crippen LogP contribution in [0.1, 0.15) is 66.0 Å². The molecule has 0 aliphatic heterocycles. The second kappa shape index (κ2) is 7.25. The van der Waals surface area contributed by atoms with Crippen molar-refractivity contribution in [3.63, 3.8) is 0 Å². The van der Waals surface area contributed by atoms with E-state index < -0.39 is 36.4 Å².